The largest absolute Gasteiger partial charge is 0.335 e. The van der Waals surface area contributed by atoms with Crippen LogP contribution in [0.4, 0.5) is 0 Å². The smallest absolute Gasteiger partial charge is 0.224 e. The first-order valence-electron chi connectivity index (χ1n) is 8.95. The van der Waals surface area contributed by atoms with Crippen molar-refractivity contribution in [2.24, 2.45) is 17.1 Å². The predicted octanol–water partition coefficient (Wildman–Crippen LogP) is 2.35. The summed E-state index contributed by atoms with van der Waals surface area (Å²) in [6.45, 7) is 2.96. The maximum atomic E-state index is 13.0. The first-order valence-corrected chi connectivity index (χ1v) is 9.89. The molecule has 0 unspecified atom stereocenters. The topological polar surface area (TPSA) is 58.4 Å². The minimum atomic E-state index is 0.0650. The molecular formula is C18H27N3OS. The van der Waals surface area contributed by atoms with Crippen molar-refractivity contribution in [1.29, 1.82) is 0 Å². The summed E-state index contributed by atoms with van der Waals surface area (Å²) >= 11 is 1.71. The van der Waals surface area contributed by atoms with Gasteiger partial charge >= 0.3 is 0 Å². The number of carbonyl (C=O) groups excluding carboxylic acids is 1. The highest BCUT2D eigenvalue weighted by molar-refractivity contribution is 7.07. The van der Waals surface area contributed by atoms with Gasteiger partial charge in [0.05, 0.1) is 0 Å². The second-order valence-corrected chi connectivity index (χ2v) is 8.47. The average Bonchev–Trinajstić information content (AvgIpc) is 3.45. The van der Waals surface area contributed by atoms with Crippen molar-refractivity contribution >= 4 is 17.2 Å². The Bertz CT molecular complexity index is 549. The lowest BCUT2D eigenvalue weighted by atomic mass is 9.93. The molecule has 0 radical (unpaired) electrons. The monoisotopic (exact) mass is 333 g/mol. The standard InChI is InChI=1S/C18H27N3OS/c19-15(14-1-2-14)9-17(22)21(11-13-3-8-23-12-13)16-10-18(16)4-6-20-7-5-18/h3,8,12,14-16,20H,1-2,4-7,9-11,19H2/t15-,16+/m0/s1. The second kappa shape index (κ2) is 6.19. The lowest BCUT2D eigenvalue weighted by molar-refractivity contribution is -0.133. The number of piperidine rings is 1. The molecule has 1 aromatic rings. The molecule has 3 fully saturated rings. The summed E-state index contributed by atoms with van der Waals surface area (Å²) in [4.78, 5) is 15.1. The van der Waals surface area contributed by atoms with Crippen LogP contribution in [0, 0.1) is 11.3 Å². The number of thiophene rings is 1. The zero-order valence-electron chi connectivity index (χ0n) is 13.7. The van der Waals surface area contributed by atoms with Gasteiger partial charge in [-0.1, -0.05) is 0 Å². The van der Waals surface area contributed by atoms with Crippen molar-refractivity contribution in [2.45, 2.75) is 57.2 Å². The molecular weight excluding hydrogens is 306 g/mol. The van der Waals surface area contributed by atoms with Crippen LogP contribution < -0.4 is 11.1 Å². The van der Waals surface area contributed by atoms with E-state index in [-0.39, 0.29) is 11.9 Å². The van der Waals surface area contributed by atoms with E-state index in [1.54, 1.807) is 11.3 Å². The van der Waals surface area contributed by atoms with Crippen LogP contribution in [0.1, 0.15) is 44.1 Å². The maximum absolute atomic E-state index is 13.0. The van der Waals surface area contributed by atoms with Crippen LogP contribution in [-0.2, 0) is 11.3 Å². The number of carbonyl (C=O) groups is 1. The summed E-state index contributed by atoms with van der Waals surface area (Å²) in [5.74, 6) is 0.866. The third-order valence-electron chi connectivity index (χ3n) is 6.01. The Balaban J connectivity index is 1.46. The molecule has 4 nitrogen and oxygen atoms in total. The van der Waals surface area contributed by atoms with Crippen molar-refractivity contribution in [3.63, 3.8) is 0 Å². The molecule has 4 rings (SSSR count). The molecule has 23 heavy (non-hydrogen) atoms. The molecule has 5 heteroatoms. The Morgan fingerprint density at radius 2 is 2.22 bits per heavy atom. The van der Waals surface area contributed by atoms with Crippen LogP contribution in [0.2, 0.25) is 0 Å². The van der Waals surface area contributed by atoms with Crippen LogP contribution in [0.25, 0.3) is 0 Å². The van der Waals surface area contributed by atoms with Gasteiger partial charge in [-0.25, -0.2) is 0 Å². The molecule has 1 aliphatic heterocycles. The fraction of sp³-hybridized carbons (Fsp3) is 0.722. The van der Waals surface area contributed by atoms with Gasteiger partial charge in [0.1, 0.15) is 0 Å². The van der Waals surface area contributed by atoms with Crippen molar-refractivity contribution in [2.75, 3.05) is 13.1 Å². The van der Waals surface area contributed by atoms with Crippen molar-refractivity contribution in [3.05, 3.63) is 22.4 Å². The highest BCUT2D eigenvalue weighted by Crippen LogP contribution is 2.56. The highest BCUT2D eigenvalue weighted by atomic mass is 32.1. The summed E-state index contributed by atoms with van der Waals surface area (Å²) in [5.41, 5.74) is 7.88. The van der Waals surface area contributed by atoms with Crippen molar-refractivity contribution < 1.29 is 4.79 Å². The summed E-state index contributed by atoms with van der Waals surface area (Å²) in [6.07, 6.45) is 6.54. The van der Waals surface area contributed by atoms with E-state index in [1.807, 2.05) is 0 Å². The lowest BCUT2D eigenvalue weighted by Crippen LogP contribution is -2.41. The Hall–Kier alpha value is -0.910. The lowest BCUT2D eigenvalue weighted by Gasteiger charge is -2.30. The van der Waals surface area contributed by atoms with E-state index in [2.05, 4.69) is 27.0 Å². The molecule has 1 spiro atoms. The fourth-order valence-electron chi connectivity index (χ4n) is 4.19. The number of nitrogens with zero attached hydrogens (tertiary/aromatic N) is 1. The van der Waals surface area contributed by atoms with Gasteiger partial charge in [-0.05, 0) is 78.9 Å². The highest BCUT2D eigenvalue weighted by Gasteiger charge is 2.57. The summed E-state index contributed by atoms with van der Waals surface area (Å²) < 4.78 is 0. The first kappa shape index (κ1) is 15.6. The number of nitrogens with one attached hydrogen (secondary N) is 1. The molecule has 126 valence electrons. The molecule has 2 aliphatic carbocycles. The molecule has 2 saturated carbocycles. The zero-order chi connectivity index (χ0) is 15.9. The molecule has 1 amide bonds. The van der Waals surface area contributed by atoms with Crippen LogP contribution in [0.5, 0.6) is 0 Å². The van der Waals surface area contributed by atoms with Gasteiger partial charge in [-0.15, -0.1) is 0 Å². The Kier molecular flexibility index (Phi) is 4.20. The number of nitrogens with two attached hydrogens (primary N) is 1. The number of amides is 1. The van der Waals surface area contributed by atoms with E-state index in [9.17, 15) is 4.79 Å². The summed E-state index contributed by atoms with van der Waals surface area (Å²) in [7, 11) is 0. The van der Waals surface area contributed by atoms with E-state index in [4.69, 9.17) is 5.73 Å². The van der Waals surface area contributed by atoms with E-state index in [0.717, 1.165) is 19.6 Å². The Morgan fingerprint density at radius 1 is 1.43 bits per heavy atom. The van der Waals surface area contributed by atoms with E-state index < -0.39 is 0 Å². The molecule has 0 aromatic carbocycles. The number of hydrogen-bond acceptors (Lipinski definition) is 4. The van der Waals surface area contributed by atoms with E-state index in [0.29, 0.717) is 23.8 Å². The molecule has 3 N–H and O–H groups in total. The minimum Gasteiger partial charge on any atom is -0.335 e. The molecule has 2 heterocycles. The minimum absolute atomic E-state index is 0.0650. The quantitative estimate of drug-likeness (QED) is 0.840. The Morgan fingerprint density at radius 3 is 2.87 bits per heavy atom. The molecule has 2 atom stereocenters. The van der Waals surface area contributed by atoms with Gasteiger partial charge in [0.25, 0.3) is 0 Å². The predicted molar refractivity (Wildman–Crippen MR) is 93.1 cm³/mol. The van der Waals surface area contributed by atoms with Crippen LogP contribution in [-0.4, -0.2) is 36.0 Å². The van der Waals surface area contributed by atoms with Crippen molar-refractivity contribution in [3.8, 4) is 0 Å². The van der Waals surface area contributed by atoms with Gasteiger partial charge in [0.2, 0.25) is 5.91 Å². The number of rotatable bonds is 6. The molecule has 1 saturated heterocycles. The average molecular weight is 334 g/mol. The Labute approximate surface area is 142 Å². The van der Waals surface area contributed by atoms with Gasteiger partial charge in [-0.2, -0.15) is 11.3 Å². The summed E-state index contributed by atoms with van der Waals surface area (Å²) in [6, 6.07) is 2.64. The van der Waals surface area contributed by atoms with Crippen LogP contribution in [0.15, 0.2) is 16.8 Å². The summed E-state index contributed by atoms with van der Waals surface area (Å²) in [5, 5.41) is 7.71. The van der Waals surface area contributed by atoms with E-state index in [1.165, 1.54) is 37.7 Å². The van der Waals surface area contributed by atoms with E-state index >= 15 is 0 Å². The zero-order valence-corrected chi connectivity index (χ0v) is 14.5. The molecule has 3 aliphatic rings. The second-order valence-electron chi connectivity index (χ2n) is 7.69. The van der Waals surface area contributed by atoms with Gasteiger partial charge in [0, 0.05) is 25.0 Å². The van der Waals surface area contributed by atoms with Crippen molar-refractivity contribution in [1.82, 2.24) is 10.2 Å². The van der Waals surface area contributed by atoms with Gasteiger partial charge in [-0.3, -0.25) is 4.79 Å². The van der Waals surface area contributed by atoms with Gasteiger partial charge < -0.3 is 16.0 Å². The van der Waals surface area contributed by atoms with Crippen LogP contribution in [0.3, 0.4) is 0 Å². The first-order chi connectivity index (χ1) is 11.2. The number of hydrogen-bond donors (Lipinski definition) is 2. The maximum Gasteiger partial charge on any atom is 0.224 e. The third kappa shape index (κ3) is 3.32. The van der Waals surface area contributed by atoms with Crippen LogP contribution >= 0.6 is 11.3 Å². The fourth-order valence-corrected chi connectivity index (χ4v) is 4.85. The normalized spacial score (nSPS) is 26.9. The molecule has 0 bridgehead atoms. The SMILES string of the molecule is N[C@@H](CC(=O)N(Cc1ccsc1)[C@@H]1CC12CCNCC2)C1CC1. The third-order valence-corrected chi connectivity index (χ3v) is 6.75. The molecule has 1 aromatic heterocycles. The van der Waals surface area contributed by atoms with Gasteiger partial charge in [0.15, 0.2) is 0 Å².